The second-order valence-electron chi connectivity index (χ2n) is 6.56. The lowest BCUT2D eigenvalue weighted by Crippen LogP contribution is -2.61. The summed E-state index contributed by atoms with van der Waals surface area (Å²) >= 11 is 6.15. The number of nitrogens with two attached hydrogens (primary N) is 1. The van der Waals surface area contributed by atoms with E-state index in [0.717, 1.165) is 32.5 Å². The first-order valence-corrected chi connectivity index (χ1v) is 8.54. The van der Waals surface area contributed by atoms with Crippen LogP contribution < -0.4 is 11.1 Å². The number of halogens is 1. The van der Waals surface area contributed by atoms with Gasteiger partial charge in [0.05, 0.1) is 11.6 Å². The average molecular weight is 338 g/mol. The minimum Gasteiger partial charge on any atom is -0.398 e. The number of piperidine rings is 3. The summed E-state index contributed by atoms with van der Waals surface area (Å²) in [6.45, 7) is 7.14. The van der Waals surface area contributed by atoms with E-state index in [-0.39, 0.29) is 18.6 Å². The second-order valence-corrected chi connectivity index (χ2v) is 6.97. The molecular weight excluding hydrogens is 314 g/mol. The maximum Gasteiger partial charge on any atom is 0.256 e. The number of fused-ring (bicyclic) bond motifs is 3. The molecule has 2 bridgehead atoms. The van der Waals surface area contributed by atoms with Crippen LogP contribution in [0.3, 0.4) is 0 Å². The Hall–Kier alpha value is -1.30. The zero-order valence-electron chi connectivity index (χ0n) is 13.3. The maximum absolute atomic E-state index is 13.0. The fourth-order valence-corrected chi connectivity index (χ4v) is 3.91. The number of nitrogens with one attached hydrogen (secondary N) is 1. The molecule has 4 rings (SSSR count). The van der Waals surface area contributed by atoms with Gasteiger partial charge >= 0.3 is 0 Å². The van der Waals surface area contributed by atoms with Crippen molar-refractivity contribution in [2.45, 2.75) is 30.9 Å². The first-order chi connectivity index (χ1) is 11.0. The van der Waals surface area contributed by atoms with Crippen molar-refractivity contribution in [1.82, 2.24) is 10.2 Å². The van der Waals surface area contributed by atoms with Gasteiger partial charge in [0, 0.05) is 24.7 Å². The topological polar surface area (TPSA) is 67.6 Å². The van der Waals surface area contributed by atoms with Crippen LogP contribution in [0, 0.1) is 5.92 Å². The van der Waals surface area contributed by atoms with Gasteiger partial charge in [-0.3, -0.25) is 4.79 Å². The molecule has 2 atom stereocenters. The Bertz CT molecular complexity index is 552. The van der Waals surface area contributed by atoms with Crippen LogP contribution in [-0.4, -0.2) is 48.7 Å². The van der Waals surface area contributed by atoms with E-state index in [2.05, 4.69) is 16.8 Å². The van der Waals surface area contributed by atoms with E-state index in [1.807, 2.05) is 0 Å². The quantitative estimate of drug-likeness (QED) is 0.746. The van der Waals surface area contributed by atoms with Gasteiger partial charge in [-0.25, -0.2) is 0 Å². The number of carbonyl (C=O) groups is 1. The third-order valence-electron chi connectivity index (χ3n) is 5.08. The standard InChI is InChI=1S/C17H24ClN3O2/c1-2-9-23-17(6-3-14(19)13(18)10-17)16(22)20-15-11-21-7-4-12(15)5-8-21/h2-3,10,12,15H,1,4-9,11,19H2,(H,20,22). The lowest BCUT2D eigenvalue weighted by molar-refractivity contribution is -0.141. The molecule has 126 valence electrons. The summed E-state index contributed by atoms with van der Waals surface area (Å²) in [5.41, 5.74) is 5.20. The summed E-state index contributed by atoms with van der Waals surface area (Å²) in [6, 6.07) is 0.185. The SMILES string of the molecule is C=CCOC1(C(=O)NC2CN3CCC2CC3)C=C(Cl)C(N)=CC1. The molecular formula is C17H24ClN3O2. The maximum atomic E-state index is 13.0. The zero-order valence-corrected chi connectivity index (χ0v) is 14.0. The Morgan fingerprint density at radius 3 is 2.87 bits per heavy atom. The number of allylic oxidation sites excluding steroid dienone is 1. The van der Waals surface area contributed by atoms with Crippen LogP contribution in [0.5, 0.6) is 0 Å². The van der Waals surface area contributed by atoms with Crippen molar-refractivity contribution in [3.63, 3.8) is 0 Å². The smallest absolute Gasteiger partial charge is 0.256 e. The molecule has 3 heterocycles. The molecule has 0 radical (unpaired) electrons. The van der Waals surface area contributed by atoms with Gasteiger partial charge in [-0.15, -0.1) is 6.58 Å². The Morgan fingerprint density at radius 1 is 1.57 bits per heavy atom. The van der Waals surface area contributed by atoms with E-state index in [0.29, 0.717) is 23.1 Å². The Balaban J connectivity index is 1.75. The van der Waals surface area contributed by atoms with Crippen molar-refractivity contribution in [3.8, 4) is 0 Å². The van der Waals surface area contributed by atoms with Crippen LogP contribution in [0.15, 0.2) is 35.5 Å². The van der Waals surface area contributed by atoms with Crippen molar-refractivity contribution in [2.24, 2.45) is 11.7 Å². The summed E-state index contributed by atoms with van der Waals surface area (Å²) in [6.07, 6.45) is 7.69. The van der Waals surface area contributed by atoms with Crippen molar-refractivity contribution in [1.29, 1.82) is 0 Å². The number of amides is 1. The number of ether oxygens (including phenoxy) is 1. The predicted octanol–water partition coefficient (Wildman–Crippen LogP) is 1.51. The molecule has 0 aromatic rings. The number of hydrogen-bond donors (Lipinski definition) is 2. The third kappa shape index (κ3) is 3.32. The average Bonchev–Trinajstić information content (AvgIpc) is 2.57. The van der Waals surface area contributed by atoms with Crippen molar-refractivity contribution in [3.05, 3.63) is 35.5 Å². The molecule has 2 unspecified atom stereocenters. The van der Waals surface area contributed by atoms with E-state index in [1.165, 1.54) is 0 Å². The molecule has 3 fully saturated rings. The Labute approximate surface area is 142 Å². The van der Waals surface area contributed by atoms with E-state index in [9.17, 15) is 4.79 Å². The van der Waals surface area contributed by atoms with Gasteiger partial charge in [-0.2, -0.15) is 0 Å². The van der Waals surface area contributed by atoms with Gasteiger partial charge in [0.25, 0.3) is 5.91 Å². The molecule has 23 heavy (non-hydrogen) atoms. The predicted molar refractivity (Wildman–Crippen MR) is 90.8 cm³/mol. The van der Waals surface area contributed by atoms with Crippen LogP contribution in [0.25, 0.3) is 0 Å². The van der Waals surface area contributed by atoms with Crippen molar-refractivity contribution < 1.29 is 9.53 Å². The van der Waals surface area contributed by atoms with Crippen LogP contribution in [-0.2, 0) is 9.53 Å². The lowest BCUT2D eigenvalue weighted by Gasteiger charge is -2.46. The van der Waals surface area contributed by atoms with Gasteiger partial charge in [0.2, 0.25) is 0 Å². The van der Waals surface area contributed by atoms with Crippen LogP contribution in [0.4, 0.5) is 0 Å². The fraction of sp³-hybridized carbons (Fsp3) is 0.588. The molecule has 0 spiro atoms. The molecule has 0 aromatic carbocycles. The molecule has 0 aromatic heterocycles. The van der Waals surface area contributed by atoms with E-state index >= 15 is 0 Å². The minimum atomic E-state index is -1.10. The molecule has 6 heteroatoms. The summed E-state index contributed by atoms with van der Waals surface area (Å²) in [7, 11) is 0. The second kappa shape index (κ2) is 6.67. The molecule has 3 aliphatic heterocycles. The first-order valence-electron chi connectivity index (χ1n) is 8.16. The van der Waals surface area contributed by atoms with E-state index < -0.39 is 5.60 Å². The molecule has 0 saturated carbocycles. The summed E-state index contributed by atoms with van der Waals surface area (Å²) in [4.78, 5) is 15.4. The molecule has 4 aliphatic rings. The molecule has 3 N–H and O–H groups in total. The Kier molecular flexibility index (Phi) is 4.80. The molecule has 1 aliphatic carbocycles. The van der Waals surface area contributed by atoms with Gasteiger partial charge < -0.3 is 20.7 Å². The third-order valence-corrected chi connectivity index (χ3v) is 5.40. The summed E-state index contributed by atoms with van der Waals surface area (Å²) in [5.74, 6) is 0.420. The molecule has 1 amide bonds. The van der Waals surface area contributed by atoms with E-state index in [1.54, 1.807) is 18.2 Å². The summed E-state index contributed by atoms with van der Waals surface area (Å²) in [5, 5.41) is 3.56. The minimum absolute atomic E-state index is 0.139. The number of nitrogens with zero attached hydrogens (tertiary/aromatic N) is 1. The highest BCUT2D eigenvalue weighted by Crippen LogP contribution is 2.32. The number of carbonyl (C=O) groups excluding carboxylic acids is 1. The lowest BCUT2D eigenvalue weighted by atomic mass is 9.83. The van der Waals surface area contributed by atoms with Gasteiger partial charge in [-0.05, 0) is 37.9 Å². The highest BCUT2D eigenvalue weighted by Gasteiger charge is 2.42. The van der Waals surface area contributed by atoms with Crippen LogP contribution in [0.2, 0.25) is 0 Å². The molecule has 3 saturated heterocycles. The Morgan fingerprint density at radius 2 is 2.30 bits per heavy atom. The van der Waals surface area contributed by atoms with Crippen molar-refractivity contribution in [2.75, 3.05) is 26.2 Å². The number of rotatable bonds is 5. The van der Waals surface area contributed by atoms with Gasteiger partial charge in [0.1, 0.15) is 0 Å². The fourth-order valence-electron chi connectivity index (χ4n) is 3.66. The van der Waals surface area contributed by atoms with Gasteiger partial charge in [-0.1, -0.05) is 23.8 Å². The van der Waals surface area contributed by atoms with Crippen molar-refractivity contribution >= 4 is 17.5 Å². The highest BCUT2D eigenvalue weighted by molar-refractivity contribution is 6.32. The van der Waals surface area contributed by atoms with E-state index in [4.69, 9.17) is 22.1 Å². The number of hydrogen-bond acceptors (Lipinski definition) is 4. The van der Waals surface area contributed by atoms with Crippen LogP contribution >= 0.6 is 11.6 Å². The zero-order chi connectivity index (χ0) is 16.4. The normalized spacial score (nSPS) is 36.1. The highest BCUT2D eigenvalue weighted by atomic mass is 35.5. The first kappa shape index (κ1) is 16.6. The largest absolute Gasteiger partial charge is 0.398 e. The molecule has 5 nitrogen and oxygen atoms in total. The summed E-state index contributed by atoms with van der Waals surface area (Å²) < 4.78 is 5.82. The monoisotopic (exact) mass is 337 g/mol. The van der Waals surface area contributed by atoms with Gasteiger partial charge in [0.15, 0.2) is 5.60 Å². The van der Waals surface area contributed by atoms with Crippen LogP contribution in [0.1, 0.15) is 19.3 Å².